The summed E-state index contributed by atoms with van der Waals surface area (Å²) in [6, 6.07) is 9.67. The highest BCUT2D eigenvalue weighted by atomic mass is 14.6. The van der Waals surface area contributed by atoms with E-state index in [2.05, 4.69) is 4.98 Å². The molecule has 2 nitrogen and oxygen atoms in total. The van der Waals surface area contributed by atoms with Crippen LogP contribution in [0.2, 0.25) is 0 Å². The molecule has 0 aliphatic rings. The predicted octanol–water partition coefficient (Wildman–Crippen LogP) is 2.23. The van der Waals surface area contributed by atoms with Crippen molar-refractivity contribution in [1.29, 1.82) is 5.41 Å². The van der Waals surface area contributed by atoms with Crippen molar-refractivity contribution in [3.8, 4) is 0 Å². The third kappa shape index (κ3) is 1.07. The lowest BCUT2D eigenvalue weighted by Crippen LogP contribution is -1.81. The molecular weight excluding hydrogens is 148 g/mol. The van der Waals surface area contributed by atoms with Gasteiger partial charge in [-0.15, -0.1) is 0 Å². The van der Waals surface area contributed by atoms with Crippen LogP contribution in [-0.4, -0.2) is 11.2 Å². The van der Waals surface area contributed by atoms with Gasteiger partial charge in [-0.1, -0.05) is 12.1 Å². The molecule has 0 atom stereocenters. The van der Waals surface area contributed by atoms with Crippen molar-refractivity contribution >= 4 is 17.1 Å². The van der Waals surface area contributed by atoms with E-state index in [1.165, 1.54) is 6.21 Å². The van der Waals surface area contributed by atoms with Gasteiger partial charge < -0.3 is 5.41 Å². The second kappa shape index (κ2) is 2.74. The van der Waals surface area contributed by atoms with Crippen LogP contribution in [0.4, 0.5) is 0 Å². The first-order valence-electron chi connectivity index (χ1n) is 3.75. The lowest BCUT2D eigenvalue weighted by molar-refractivity contribution is 1.41. The smallest absolute Gasteiger partial charge is 0.0702 e. The lowest BCUT2D eigenvalue weighted by atomic mass is 10.1. The largest absolute Gasteiger partial charge is 0.308 e. The highest BCUT2D eigenvalue weighted by Gasteiger charge is 1.92. The normalized spacial score (nSPS) is 10.0. The summed E-state index contributed by atoms with van der Waals surface area (Å²) >= 11 is 0. The molecule has 0 aliphatic heterocycles. The van der Waals surface area contributed by atoms with Crippen LogP contribution in [0.5, 0.6) is 0 Å². The van der Waals surface area contributed by atoms with Gasteiger partial charge in [-0.05, 0) is 23.8 Å². The standard InChI is InChI=1S/C10H8N2/c11-7-8-3-4-10-9(6-8)2-1-5-12-10/h1-7,11H. The lowest BCUT2D eigenvalue weighted by Gasteiger charge is -1.96. The van der Waals surface area contributed by atoms with Gasteiger partial charge in [0.25, 0.3) is 0 Å². The van der Waals surface area contributed by atoms with Gasteiger partial charge in [-0.2, -0.15) is 0 Å². The van der Waals surface area contributed by atoms with Crippen LogP contribution in [0.3, 0.4) is 0 Å². The molecule has 0 amide bonds. The van der Waals surface area contributed by atoms with Crippen molar-refractivity contribution in [2.75, 3.05) is 0 Å². The fourth-order valence-corrected chi connectivity index (χ4v) is 1.18. The van der Waals surface area contributed by atoms with Gasteiger partial charge >= 0.3 is 0 Å². The van der Waals surface area contributed by atoms with Gasteiger partial charge in [0.15, 0.2) is 0 Å². The number of hydrogen-bond donors (Lipinski definition) is 1. The summed E-state index contributed by atoms with van der Waals surface area (Å²) in [6.45, 7) is 0. The fraction of sp³-hybridized carbons (Fsp3) is 0. The highest BCUT2D eigenvalue weighted by molar-refractivity contribution is 5.87. The van der Waals surface area contributed by atoms with Gasteiger partial charge in [0, 0.05) is 17.8 Å². The number of fused-ring (bicyclic) bond motifs is 1. The van der Waals surface area contributed by atoms with E-state index in [1.54, 1.807) is 6.20 Å². The maximum absolute atomic E-state index is 7.07. The second-order valence-electron chi connectivity index (χ2n) is 2.60. The van der Waals surface area contributed by atoms with Crippen molar-refractivity contribution in [3.05, 3.63) is 42.1 Å². The van der Waals surface area contributed by atoms with E-state index in [4.69, 9.17) is 5.41 Å². The molecule has 0 fully saturated rings. The Morgan fingerprint density at radius 3 is 3.00 bits per heavy atom. The molecule has 1 aromatic heterocycles. The molecule has 2 rings (SSSR count). The summed E-state index contributed by atoms with van der Waals surface area (Å²) in [6.07, 6.45) is 3.11. The molecule has 12 heavy (non-hydrogen) atoms. The zero-order chi connectivity index (χ0) is 8.39. The molecule has 0 aliphatic carbocycles. The molecule has 1 N–H and O–H groups in total. The molecule has 58 valence electrons. The van der Waals surface area contributed by atoms with Crippen molar-refractivity contribution in [2.45, 2.75) is 0 Å². The topological polar surface area (TPSA) is 36.7 Å². The number of rotatable bonds is 1. The Morgan fingerprint density at radius 1 is 1.25 bits per heavy atom. The second-order valence-corrected chi connectivity index (χ2v) is 2.60. The third-order valence-corrected chi connectivity index (χ3v) is 1.79. The van der Waals surface area contributed by atoms with Gasteiger partial charge in [0.1, 0.15) is 0 Å². The minimum atomic E-state index is 0.913. The Bertz CT molecular complexity index is 421. The first kappa shape index (κ1) is 6.98. The molecule has 0 saturated carbocycles. The maximum atomic E-state index is 7.07. The quantitative estimate of drug-likeness (QED) is 0.631. The third-order valence-electron chi connectivity index (χ3n) is 1.79. The Labute approximate surface area is 70.4 Å². The van der Waals surface area contributed by atoms with Crippen LogP contribution < -0.4 is 0 Å². The van der Waals surface area contributed by atoms with Crippen LogP contribution in [0.25, 0.3) is 10.9 Å². The summed E-state index contributed by atoms with van der Waals surface area (Å²) in [4.78, 5) is 4.18. The zero-order valence-electron chi connectivity index (χ0n) is 6.49. The average Bonchev–Trinajstić information content (AvgIpc) is 2.17. The first-order chi connectivity index (χ1) is 5.90. The number of aromatic nitrogens is 1. The molecule has 2 aromatic rings. The highest BCUT2D eigenvalue weighted by Crippen LogP contribution is 2.11. The number of nitrogens with zero attached hydrogens (tertiary/aromatic N) is 1. The Hall–Kier alpha value is -1.70. The summed E-state index contributed by atoms with van der Waals surface area (Å²) < 4.78 is 0. The molecular formula is C10H8N2. The van der Waals surface area contributed by atoms with Crippen molar-refractivity contribution in [1.82, 2.24) is 4.98 Å². The molecule has 1 heterocycles. The molecule has 0 bridgehead atoms. The number of nitrogens with one attached hydrogen (secondary N) is 1. The zero-order valence-corrected chi connectivity index (χ0v) is 6.49. The summed E-state index contributed by atoms with van der Waals surface area (Å²) in [5.41, 5.74) is 1.89. The number of benzene rings is 1. The molecule has 0 saturated heterocycles. The van der Waals surface area contributed by atoms with E-state index in [9.17, 15) is 0 Å². The summed E-state index contributed by atoms with van der Waals surface area (Å²) in [5, 5.41) is 8.16. The van der Waals surface area contributed by atoms with Crippen LogP contribution >= 0.6 is 0 Å². The monoisotopic (exact) mass is 156 g/mol. The molecule has 0 unspecified atom stereocenters. The van der Waals surface area contributed by atoms with E-state index in [-0.39, 0.29) is 0 Å². The van der Waals surface area contributed by atoms with Crippen LogP contribution in [0.1, 0.15) is 5.56 Å². The number of pyridine rings is 1. The Kier molecular flexibility index (Phi) is 1.59. The predicted molar refractivity (Wildman–Crippen MR) is 49.6 cm³/mol. The summed E-state index contributed by atoms with van der Waals surface area (Å²) in [7, 11) is 0. The minimum absolute atomic E-state index is 0.913. The van der Waals surface area contributed by atoms with Crippen molar-refractivity contribution < 1.29 is 0 Å². The minimum Gasteiger partial charge on any atom is -0.308 e. The Morgan fingerprint density at radius 2 is 2.17 bits per heavy atom. The Balaban J connectivity index is 2.75. The van der Waals surface area contributed by atoms with Crippen molar-refractivity contribution in [2.24, 2.45) is 0 Å². The number of hydrogen-bond acceptors (Lipinski definition) is 2. The van der Waals surface area contributed by atoms with Gasteiger partial charge in [-0.25, -0.2) is 0 Å². The van der Waals surface area contributed by atoms with E-state index >= 15 is 0 Å². The first-order valence-corrected chi connectivity index (χ1v) is 3.75. The average molecular weight is 156 g/mol. The van der Waals surface area contributed by atoms with E-state index in [0.717, 1.165) is 16.5 Å². The summed E-state index contributed by atoms with van der Waals surface area (Å²) in [5.74, 6) is 0. The van der Waals surface area contributed by atoms with Gasteiger partial charge in [-0.3, -0.25) is 4.98 Å². The molecule has 2 heteroatoms. The van der Waals surface area contributed by atoms with Crippen molar-refractivity contribution in [3.63, 3.8) is 0 Å². The van der Waals surface area contributed by atoms with Crippen LogP contribution in [-0.2, 0) is 0 Å². The van der Waals surface area contributed by atoms with E-state index < -0.39 is 0 Å². The van der Waals surface area contributed by atoms with Crippen LogP contribution in [0, 0.1) is 5.41 Å². The molecule has 0 radical (unpaired) electrons. The molecule has 1 aromatic carbocycles. The van der Waals surface area contributed by atoms with Crippen LogP contribution in [0.15, 0.2) is 36.5 Å². The van der Waals surface area contributed by atoms with Gasteiger partial charge in [0.05, 0.1) is 5.52 Å². The maximum Gasteiger partial charge on any atom is 0.0702 e. The SMILES string of the molecule is N=Cc1ccc2ncccc2c1. The fourth-order valence-electron chi connectivity index (χ4n) is 1.18. The molecule has 0 spiro atoms. The van der Waals surface area contributed by atoms with Gasteiger partial charge in [0.2, 0.25) is 0 Å². The van der Waals surface area contributed by atoms with E-state index in [0.29, 0.717) is 0 Å². The van der Waals surface area contributed by atoms with E-state index in [1.807, 2.05) is 30.3 Å².